The molecule has 14 heavy (non-hydrogen) atoms. The molecule has 1 rings (SSSR count). The van der Waals surface area contributed by atoms with Crippen molar-refractivity contribution in [2.24, 2.45) is 0 Å². The molecule has 3 nitrogen and oxygen atoms in total. The van der Waals surface area contributed by atoms with Gasteiger partial charge in [0, 0.05) is 24.8 Å². The normalized spacial score (nSPS) is 12.2. The Balaban J connectivity index is 2.80. The van der Waals surface area contributed by atoms with Gasteiger partial charge in [0.25, 0.3) is 0 Å². The molecule has 1 aromatic heterocycles. The third kappa shape index (κ3) is 2.31. The van der Waals surface area contributed by atoms with Gasteiger partial charge in [-0.3, -0.25) is 4.79 Å². The van der Waals surface area contributed by atoms with Gasteiger partial charge >= 0.3 is 0 Å². The van der Waals surface area contributed by atoms with E-state index >= 15 is 0 Å². The van der Waals surface area contributed by atoms with Gasteiger partial charge < -0.3 is 4.90 Å². The third-order valence-electron chi connectivity index (χ3n) is 2.52. The molecular formula is C11H16N2O. The molecule has 0 aliphatic carbocycles. The van der Waals surface area contributed by atoms with Crippen LogP contribution >= 0.6 is 0 Å². The predicted octanol–water partition coefficient (Wildman–Crippen LogP) is 2.13. The highest BCUT2D eigenvalue weighted by atomic mass is 16.1. The van der Waals surface area contributed by atoms with Gasteiger partial charge in [-0.1, -0.05) is 6.92 Å². The summed E-state index contributed by atoms with van der Waals surface area (Å²) in [5, 5.41) is 0. The number of hydrogen-bond acceptors (Lipinski definition) is 3. The number of pyridine rings is 1. The maximum atomic E-state index is 10.4. The molecule has 0 spiro atoms. The molecule has 0 bridgehead atoms. The second kappa shape index (κ2) is 4.74. The van der Waals surface area contributed by atoms with Gasteiger partial charge in [-0.15, -0.1) is 0 Å². The predicted molar refractivity (Wildman–Crippen MR) is 57.8 cm³/mol. The van der Waals surface area contributed by atoms with Crippen LogP contribution < -0.4 is 4.90 Å². The molecule has 0 fully saturated rings. The van der Waals surface area contributed by atoms with Crippen LogP contribution in [0.1, 0.15) is 30.6 Å². The fourth-order valence-electron chi connectivity index (χ4n) is 1.18. The summed E-state index contributed by atoms with van der Waals surface area (Å²) in [6.07, 6.45) is 3.48. The zero-order valence-corrected chi connectivity index (χ0v) is 8.90. The monoisotopic (exact) mass is 192 g/mol. The average molecular weight is 192 g/mol. The maximum absolute atomic E-state index is 10.4. The molecule has 0 aliphatic rings. The van der Waals surface area contributed by atoms with Gasteiger partial charge in [-0.25, -0.2) is 4.98 Å². The van der Waals surface area contributed by atoms with E-state index in [1.165, 1.54) is 0 Å². The van der Waals surface area contributed by atoms with Crippen LogP contribution in [0.4, 0.5) is 5.82 Å². The maximum Gasteiger partial charge on any atom is 0.151 e. The minimum atomic E-state index is 0.463. The number of nitrogens with zero attached hydrogens (tertiary/aromatic N) is 2. The summed E-state index contributed by atoms with van der Waals surface area (Å²) in [5.41, 5.74) is 0.617. The second-order valence-corrected chi connectivity index (χ2v) is 3.44. The Morgan fingerprint density at radius 2 is 2.29 bits per heavy atom. The van der Waals surface area contributed by atoms with Gasteiger partial charge in [0.1, 0.15) is 5.82 Å². The van der Waals surface area contributed by atoms with E-state index in [0.717, 1.165) is 18.5 Å². The van der Waals surface area contributed by atoms with E-state index in [0.29, 0.717) is 11.6 Å². The van der Waals surface area contributed by atoms with Crippen LogP contribution in [-0.4, -0.2) is 24.4 Å². The molecule has 1 unspecified atom stereocenters. The highest BCUT2D eigenvalue weighted by Gasteiger charge is 2.08. The van der Waals surface area contributed by atoms with Crippen LogP contribution in [0.2, 0.25) is 0 Å². The highest BCUT2D eigenvalue weighted by molar-refractivity contribution is 5.74. The lowest BCUT2D eigenvalue weighted by Crippen LogP contribution is -2.28. The van der Waals surface area contributed by atoms with Crippen LogP contribution in [0.15, 0.2) is 18.3 Å². The Bertz CT molecular complexity index is 295. The van der Waals surface area contributed by atoms with Crippen LogP contribution in [0, 0.1) is 0 Å². The number of aldehydes is 1. The lowest BCUT2D eigenvalue weighted by Gasteiger charge is -2.24. The van der Waals surface area contributed by atoms with Crippen molar-refractivity contribution in [2.75, 3.05) is 11.9 Å². The van der Waals surface area contributed by atoms with Crippen molar-refractivity contribution in [1.82, 2.24) is 4.98 Å². The zero-order valence-electron chi connectivity index (χ0n) is 8.90. The van der Waals surface area contributed by atoms with Crippen molar-refractivity contribution in [3.05, 3.63) is 23.9 Å². The summed E-state index contributed by atoms with van der Waals surface area (Å²) in [7, 11) is 2.01. The standard InChI is InChI=1S/C11H16N2O/c1-4-9(2)13(3)11-6-5-10(8-14)7-12-11/h5-9H,4H2,1-3H3. The Kier molecular flexibility index (Phi) is 3.63. The quantitative estimate of drug-likeness (QED) is 0.685. The summed E-state index contributed by atoms with van der Waals surface area (Å²) in [5.74, 6) is 0.907. The Hall–Kier alpha value is -1.38. The smallest absolute Gasteiger partial charge is 0.151 e. The van der Waals surface area contributed by atoms with E-state index in [1.54, 1.807) is 12.3 Å². The molecular weight excluding hydrogens is 176 g/mol. The van der Waals surface area contributed by atoms with Gasteiger partial charge in [0.2, 0.25) is 0 Å². The Morgan fingerprint density at radius 1 is 1.57 bits per heavy atom. The Labute approximate surface area is 84.8 Å². The van der Waals surface area contributed by atoms with E-state index in [1.807, 2.05) is 13.1 Å². The minimum absolute atomic E-state index is 0.463. The van der Waals surface area contributed by atoms with Crippen molar-refractivity contribution in [1.29, 1.82) is 0 Å². The van der Waals surface area contributed by atoms with E-state index in [9.17, 15) is 4.79 Å². The van der Waals surface area contributed by atoms with E-state index in [-0.39, 0.29) is 0 Å². The SMILES string of the molecule is CCC(C)N(C)c1ccc(C=O)cn1. The summed E-state index contributed by atoms with van der Waals surface area (Å²) in [4.78, 5) is 16.7. The minimum Gasteiger partial charge on any atom is -0.357 e. The van der Waals surface area contributed by atoms with Crippen molar-refractivity contribution < 1.29 is 4.79 Å². The summed E-state index contributed by atoms with van der Waals surface area (Å²) >= 11 is 0. The van der Waals surface area contributed by atoms with Crippen LogP contribution in [0.25, 0.3) is 0 Å². The molecule has 1 heterocycles. The van der Waals surface area contributed by atoms with Gasteiger partial charge in [0.15, 0.2) is 6.29 Å². The molecule has 0 aliphatic heterocycles. The van der Waals surface area contributed by atoms with E-state index < -0.39 is 0 Å². The lowest BCUT2D eigenvalue weighted by atomic mass is 10.2. The van der Waals surface area contributed by atoms with Crippen LogP contribution in [0.5, 0.6) is 0 Å². The number of rotatable bonds is 4. The highest BCUT2D eigenvalue weighted by Crippen LogP contribution is 2.13. The number of carbonyl (C=O) groups excluding carboxylic acids is 1. The zero-order chi connectivity index (χ0) is 10.6. The van der Waals surface area contributed by atoms with Crippen molar-refractivity contribution in [3.63, 3.8) is 0 Å². The number of hydrogen-bond donors (Lipinski definition) is 0. The van der Waals surface area contributed by atoms with Gasteiger partial charge in [-0.2, -0.15) is 0 Å². The van der Waals surface area contributed by atoms with Crippen molar-refractivity contribution >= 4 is 12.1 Å². The van der Waals surface area contributed by atoms with Crippen molar-refractivity contribution in [3.8, 4) is 0 Å². The number of carbonyl (C=O) groups is 1. The van der Waals surface area contributed by atoms with Crippen molar-refractivity contribution in [2.45, 2.75) is 26.3 Å². The fraction of sp³-hybridized carbons (Fsp3) is 0.455. The molecule has 0 amide bonds. The fourth-order valence-corrected chi connectivity index (χ4v) is 1.18. The first-order chi connectivity index (χ1) is 6.69. The molecule has 0 aromatic carbocycles. The van der Waals surface area contributed by atoms with Crippen LogP contribution in [0.3, 0.4) is 0 Å². The molecule has 3 heteroatoms. The second-order valence-electron chi connectivity index (χ2n) is 3.44. The molecule has 0 saturated heterocycles. The first kappa shape index (κ1) is 10.7. The molecule has 1 atom stereocenters. The topological polar surface area (TPSA) is 33.2 Å². The largest absolute Gasteiger partial charge is 0.357 e. The number of anilines is 1. The molecule has 0 radical (unpaired) electrons. The Morgan fingerprint density at radius 3 is 2.71 bits per heavy atom. The first-order valence-corrected chi connectivity index (χ1v) is 4.83. The van der Waals surface area contributed by atoms with Gasteiger partial charge in [-0.05, 0) is 25.5 Å². The summed E-state index contributed by atoms with van der Waals surface area (Å²) in [6, 6.07) is 4.12. The summed E-state index contributed by atoms with van der Waals surface area (Å²) in [6.45, 7) is 4.29. The lowest BCUT2D eigenvalue weighted by molar-refractivity contribution is 0.112. The molecule has 0 saturated carbocycles. The molecule has 1 aromatic rings. The van der Waals surface area contributed by atoms with Gasteiger partial charge in [0.05, 0.1) is 0 Å². The van der Waals surface area contributed by atoms with Crippen LogP contribution in [-0.2, 0) is 0 Å². The molecule has 0 N–H and O–H groups in total. The number of aromatic nitrogens is 1. The average Bonchev–Trinajstić information content (AvgIpc) is 2.27. The third-order valence-corrected chi connectivity index (χ3v) is 2.52. The summed E-state index contributed by atoms with van der Waals surface area (Å²) < 4.78 is 0. The molecule has 76 valence electrons. The van der Waals surface area contributed by atoms with E-state index in [4.69, 9.17) is 0 Å². The first-order valence-electron chi connectivity index (χ1n) is 4.83. The van der Waals surface area contributed by atoms with E-state index in [2.05, 4.69) is 23.7 Å².